The molecule has 5 heteroatoms. The molecule has 0 bridgehead atoms. The molecule has 0 aliphatic heterocycles. The van der Waals surface area contributed by atoms with Gasteiger partial charge in [-0.1, -0.05) is 0 Å². The number of rotatable bonds is 3. The number of ether oxygens (including phenoxy) is 1. The van der Waals surface area contributed by atoms with Gasteiger partial charge in [0.15, 0.2) is 6.29 Å². The van der Waals surface area contributed by atoms with Crippen LogP contribution < -0.4 is 0 Å². The van der Waals surface area contributed by atoms with Crippen molar-refractivity contribution < 1.29 is 23.1 Å². The van der Waals surface area contributed by atoms with Crippen LogP contribution in [0.2, 0.25) is 0 Å². The molecule has 0 atom stereocenters. The van der Waals surface area contributed by atoms with Gasteiger partial charge in [0.05, 0.1) is 12.7 Å². The van der Waals surface area contributed by atoms with E-state index in [2.05, 4.69) is 4.74 Å². The van der Waals surface area contributed by atoms with Gasteiger partial charge in [-0.2, -0.15) is 0 Å². The minimum absolute atomic E-state index is 0.131. The smallest absolute Gasteiger partial charge is 0.330 e. The topological polar surface area (TPSA) is 43.4 Å². The van der Waals surface area contributed by atoms with Crippen molar-refractivity contribution in [1.29, 1.82) is 0 Å². The summed E-state index contributed by atoms with van der Waals surface area (Å²) in [5.74, 6) is -2.32. The monoisotopic (exact) mass is 226 g/mol. The van der Waals surface area contributed by atoms with Crippen LogP contribution in [0, 0.1) is 11.6 Å². The van der Waals surface area contributed by atoms with E-state index in [4.69, 9.17) is 0 Å². The normalized spacial score (nSPS) is 10.4. The van der Waals surface area contributed by atoms with Gasteiger partial charge in [-0.15, -0.1) is 0 Å². The number of aldehydes is 1. The van der Waals surface area contributed by atoms with Crippen LogP contribution in [-0.4, -0.2) is 19.4 Å². The molecule has 0 amide bonds. The average molecular weight is 226 g/mol. The van der Waals surface area contributed by atoms with Crippen molar-refractivity contribution in [3.8, 4) is 0 Å². The molecule has 3 nitrogen and oxygen atoms in total. The van der Waals surface area contributed by atoms with E-state index in [1.807, 2.05) is 0 Å². The van der Waals surface area contributed by atoms with E-state index in [0.717, 1.165) is 24.3 Å². The third-order valence-corrected chi connectivity index (χ3v) is 1.84. The van der Waals surface area contributed by atoms with Crippen molar-refractivity contribution in [3.63, 3.8) is 0 Å². The van der Waals surface area contributed by atoms with Crippen molar-refractivity contribution in [2.45, 2.75) is 0 Å². The molecule has 1 aromatic carbocycles. The fourth-order valence-corrected chi connectivity index (χ4v) is 1.02. The Balaban J connectivity index is 3.07. The summed E-state index contributed by atoms with van der Waals surface area (Å²) in [5, 5.41) is 0. The molecule has 0 saturated carbocycles. The predicted octanol–water partition coefficient (Wildman–Crippen LogP) is 1.96. The number of carbonyl (C=O) groups is 2. The SMILES string of the molecule is COC(=O)C=Cc1cc(F)c(C=O)cc1F. The zero-order chi connectivity index (χ0) is 12.1. The van der Waals surface area contributed by atoms with Gasteiger partial charge in [0.25, 0.3) is 0 Å². The standard InChI is InChI=1S/C11H8F2O3/c1-16-11(15)3-2-7-4-10(13)8(6-14)5-9(7)12/h2-6H,1H3. The molecule has 0 unspecified atom stereocenters. The van der Waals surface area contributed by atoms with Crippen LogP contribution in [0.3, 0.4) is 0 Å². The largest absolute Gasteiger partial charge is 0.466 e. The Labute approximate surface area is 90.3 Å². The number of esters is 1. The highest BCUT2D eigenvalue weighted by molar-refractivity contribution is 5.87. The van der Waals surface area contributed by atoms with E-state index in [0.29, 0.717) is 0 Å². The molecule has 84 valence electrons. The minimum atomic E-state index is -0.846. The van der Waals surface area contributed by atoms with E-state index in [1.54, 1.807) is 0 Å². The second-order valence-corrected chi connectivity index (χ2v) is 2.87. The number of carbonyl (C=O) groups excluding carboxylic acids is 2. The first kappa shape index (κ1) is 12.0. The first-order valence-electron chi connectivity index (χ1n) is 4.28. The van der Waals surface area contributed by atoms with Gasteiger partial charge in [-0.25, -0.2) is 13.6 Å². The molecule has 0 fully saturated rings. The lowest BCUT2D eigenvalue weighted by Crippen LogP contribution is -1.96. The molecule has 0 heterocycles. The highest BCUT2D eigenvalue weighted by Crippen LogP contribution is 2.15. The van der Waals surface area contributed by atoms with Crippen molar-refractivity contribution in [2.24, 2.45) is 0 Å². The molecule has 0 radical (unpaired) electrons. The summed E-state index contributed by atoms with van der Waals surface area (Å²) in [4.78, 5) is 21.0. The number of methoxy groups -OCH3 is 1. The average Bonchev–Trinajstić information content (AvgIpc) is 2.29. The predicted molar refractivity (Wildman–Crippen MR) is 52.8 cm³/mol. The maximum atomic E-state index is 13.2. The van der Waals surface area contributed by atoms with Crippen molar-refractivity contribution in [3.05, 3.63) is 41.0 Å². The second kappa shape index (κ2) is 5.16. The van der Waals surface area contributed by atoms with Crippen molar-refractivity contribution >= 4 is 18.3 Å². The van der Waals surface area contributed by atoms with Crippen molar-refractivity contribution in [2.75, 3.05) is 7.11 Å². The summed E-state index contributed by atoms with van der Waals surface area (Å²) in [6.45, 7) is 0. The molecule has 1 rings (SSSR count). The number of benzene rings is 1. The minimum Gasteiger partial charge on any atom is -0.466 e. The molecule has 1 aromatic rings. The maximum Gasteiger partial charge on any atom is 0.330 e. The van der Waals surface area contributed by atoms with Gasteiger partial charge in [0.2, 0.25) is 0 Å². The summed E-state index contributed by atoms with van der Waals surface area (Å²) >= 11 is 0. The molecule has 0 N–H and O–H groups in total. The van der Waals surface area contributed by atoms with Gasteiger partial charge in [-0.05, 0) is 18.2 Å². The lowest BCUT2D eigenvalue weighted by Gasteiger charge is -1.99. The van der Waals surface area contributed by atoms with Crippen LogP contribution in [-0.2, 0) is 9.53 Å². The molecule has 0 aliphatic rings. The Morgan fingerprint density at radius 3 is 2.38 bits per heavy atom. The number of halogens is 2. The third kappa shape index (κ3) is 2.73. The Kier molecular flexibility index (Phi) is 3.88. The summed E-state index contributed by atoms with van der Waals surface area (Å²) in [6, 6.07) is 1.60. The summed E-state index contributed by atoms with van der Waals surface area (Å²) < 4.78 is 30.6. The maximum absolute atomic E-state index is 13.2. The van der Waals surface area contributed by atoms with Crippen LogP contribution >= 0.6 is 0 Å². The van der Waals surface area contributed by atoms with E-state index in [1.165, 1.54) is 7.11 Å². The Morgan fingerprint density at radius 1 is 1.25 bits per heavy atom. The van der Waals surface area contributed by atoms with E-state index >= 15 is 0 Å². The van der Waals surface area contributed by atoms with E-state index in [-0.39, 0.29) is 17.4 Å². The van der Waals surface area contributed by atoms with Gasteiger partial charge in [0, 0.05) is 11.6 Å². The number of hydrogen-bond donors (Lipinski definition) is 0. The van der Waals surface area contributed by atoms with Gasteiger partial charge in [-0.3, -0.25) is 4.79 Å². The van der Waals surface area contributed by atoms with Crippen LogP contribution in [0.5, 0.6) is 0 Å². The summed E-state index contributed by atoms with van der Waals surface area (Å²) in [7, 11) is 1.17. The molecular formula is C11H8F2O3. The van der Waals surface area contributed by atoms with Crippen LogP contribution in [0.25, 0.3) is 6.08 Å². The third-order valence-electron chi connectivity index (χ3n) is 1.84. The Bertz CT molecular complexity index is 453. The molecule has 0 aromatic heterocycles. The molecule has 0 saturated heterocycles. The fourth-order valence-electron chi connectivity index (χ4n) is 1.02. The van der Waals surface area contributed by atoms with Gasteiger partial charge in [0.1, 0.15) is 11.6 Å². The highest BCUT2D eigenvalue weighted by Gasteiger charge is 2.07. The van der Waals surface area contributed by atoms with E-state index < -0.39 is 17.6 Å². The first-order chi connectivity index (χ1) is 7.58. The molecule has 0 aliphatic carbocycles. The highest BCUT2D eigenvalue weighted by atomic mass is 19.1. The molecule has 0 spiro atoms. The molecular weight excluding hydrogens is 218 g/mol. The fraction of sp³-hybridized carbons (Fsp3) is 0.0909. The Morgan fingerprint density at radius 2 is 1.81 bits per heavy atom. The first-order valence-corrected chi connectivity index (χ1v) is 4.28. The van der Waals surface area contributed by atoms with Crippen molar-refractivity contribution in [1.82, 2.24) is 0 Å². The molecule has 16 heavy (non-hydrogen) atoms. The van der Waals surface area contributed by atoms with Crippen LogP contribution in [0.1, 0.15) is 15.9 Å². The lowest BCUT2D eigenvalue weighted by atomic mass is 10.1. The van der Waals surface area contributed by atoms with Gasteiger partial charge < -0.3 is 4.74 Å². The van der Waals surface area contributed by atoms with Gasteiger partial charge >= 0.3 is 5.97 Å². The number of hydrogen-bond acceptors (Lipinski definition) is 3. The lowest BCUT2D eigenvalue weighted by molar-refractivity contribution is -0.134. The Hall–Kier alpha value is -2.04. The zero-order valence-corrected chi connectivity index (χ0v) is 8.37. The van der Waals surface area contributed by atoms with E-state index in [9.17, 15) is 18.4 Å². The summed E-state index contributed by atoms with van der Waals surface area (Å²) in [5.41, 5.74) is -0.499. The van der Waals surface area contributed by atoms with Crippen LogP contribution in [0.4, 0.5) is 8.78 Å². The second-order valence-electron chi connectivity index (χ2n) is 2.87. The van der Waals surface area contributed by atoms with Crippen LogP contribution in [0.15, 0.2) is 18.2 Å². The quantitative estimate of drug-likeness (QED) is 0.449. The summed E-state index contributed by atoms with van der Waals surface area (Å²) in [6.07, 6.45) is 2.24. The zero-order valence-electron chi connectivity index (χ0n) is 8.37.